The maximum atomic E-state index is 11.6. The van der Waals surface area contributed by atoms with Gasteiger partial charge in [-0.15, -0.1) is 0 Å². The fourth-order valence-electron chi connectivity index (χ4n) is 2.10. The number of carbonyl (C=O) groups excluding carboxylic acids is 3. The number of benzene rings is 1. The van der Waals surface area contributed by atoms with Gasteiger partial charge in [0.25, 0.3) is 0 Å². The topological polar surface area (TPSA) is 75.3 Å². The van der Waals surface area contributed by atoms with Crippen molar-refractivity contribution in [3.8, 4) is 0 Å². The highest BCUT2D eigenvalue weighted by Gasteiger charge is 2.23. The molecule has 1 aromatic carbocycles. The number of fused-ring (bicyclic) bond motifs is 1. The van der Waals surface area contributed by atoms with Crippen LogP contribution in [0.2, 0.25) is 0 Å². The number of rotatable bonds is 3. The molecule has 5 nitrogen and oxygen atoms in total. The Morgan fingerprint density at radius 3 is 2.84 bits per heavy atom. The maximum absolute atomic E-state index is 11.6. The molecule has 1 aliphatic heterocycles. The van der Waals surface area contributed by atoms with Crippen LogP contribution in [0.5, 0.6) is 0 Å². The molecule has 1 atom stereocenters. The fourth-order valence-corrected chi connectivity index (χ4v) is 2.10. The van der Waals surface area contributed by atoms with Crippen molar-refractivity contribution in [3.63, 3.8) is 0 Å². The third kappa shape index (κ3) is 2.99. The van der Waals surface area contributed by atoms with Crippen molar-refractivity contribution >= 4 is 28.8 Å². The van der Waals surface area contributed by atoms with Crippen LogP contribution < -0.4 is 10.6 Å². The number of Topliss-reactive ketones (excluding diaryl/α,β-unsaturated/α-hetero) is 2. The molecule has 2 N–H and O–H groups in total. The Kier molecular flexibility index (Phi) is 3.64. The molecule has 1 unspecified atom stereocenters. The molecule has 0 spiro atoms. The van der Waals surface area contributed by atoms with Crippen molar-refractivity contribution < 1.29 is 14.4 Å². The van der Waals surface area contributed by atoms with Crippen molar-refractivity contribution in [2.45, 2.75) is 26.2 Å². The van der Waals surface area contributed by atoms with Gasteiger partial charge in [0, 0.05) is 17.3 Å². The first-order valence-corrected chi connectivity index (χ1v) is 6.17. The summed E-state index contributed by atoms with van der Waals surface area (Å²) in [5.74, 6) is -0.473. The number of hydrogen-bond donors (Lipinski definition) is 2. The highest BCUT2D eigenvalue weighted by Crippen LogP contribution is 2.31. The van der Waals surface area contributed by atoms with E-state index in [0.29, 0.717) is 12.2 Å². The van der Waals surface area contributed by atoms with Crippen LogP contribution in [-0.4, -0.2) is 24.0 Å². The summed E-state index contributed by atoms with van der Waals surface area (Å²) in [5.41, 5.74) is 2.41. The molecule has 0 radical (unpaired) electrons. The predicted octanol–water partition coefficient (Wildman–Crippen LogP) is 1.70. The average Bonchev–Trinajstić information content (AvgIpc) is 2.33. The molecule has 0 saturated heterocycles. The van der Waals surface area contributed by atoms with E-state index < -0.39 is 0 Å². The van der Waals surface area contributed by atoms with Gasteiger partial charge < -0.3 is 10.6 Å². The zero-order valence-electron chi connectivity index (χ0n) is 10.9. The molecular weight excluding hydrogens is 244 g/mol. The Morgan fingerprint density at radius 2 is 2.16 bits per heavy atom. The van der Waals surface area contributed by atoms with E-state index in [1.165, 1.54) is 6.92 Å². The summed E-state index contributed by atoms with van der Waals surface area (Å²) >= 11 is 0. The molecule has 0 aromatic heterocycles. The maximum Gasteiger partial charge on any atom is 0.231 e. The van der Waals surface area contributed by atoms with E-state index in [2.05, 4.69) is 10.6 Å². The van der Waals surface area contributed by atoms with Crippen LogP contribution in [0.4, 0.5) is 11.4 Å². The average molecular weight is 260 g/mol. The summed E-state index contributed by atoms with van der Waals surface area (Å²) in [4.78, 5) is 33.9. The predicted molar refractivity (Wildman–Crippen MR) is 72.3 cm³/mol. The van der Waals surface area contributed by atoms with Gasteiger partial charge in [-0.1, -0.05) is 13.0 Å². The summed E-state index contributed by atoms with van der Waals surface area (Å²) in [6.07, 6.45) is -0.126. The highest BCUT2D eigenvalue weighted by molar-refractivity contribution is 6.04. The smallest absolute Gasteiger partial charge is 0.231 e. The summed E-state index contributed by atoms with van der Waals surface area (Å²) in [6.45, 7) is 3.55. The van der Waals surface area contributed by atoms with Crippen LogP contribution in [-0.2, 0) is 14.4 Å². The lowest BCUT2D eigenvalue weighted by atomic mass is 9.91. The van der Waals surface area contributed by atoms with Crippen molar-refractivity contribution in [2.24, 2.45) is 0 Å². The minimum absolute atomic E-state index is 0.126. The van der Waals surface area contributed by atoms with E-state index in [1.54, 1.807) is 12.1 Å². The van der Waals surface area contributed by atoms with E-state index >= 15 is 0 Å². The Labute approximate surface area is 111 Å². The van der Waals surface area contributed by atoms with E-state index in [1.807, 2.05) is 13.0 Å². The van der Waals surface area contributed by atoms with E-state index in [4.69, 9.17) is 0 Å². The minimum Gasteiger partial charge on any atom is -0.378 e. The Morgan fingerprint density at radius 1 is 1.42 bits per heavy atom. The number of carbonyl (C=O) groups is 3. The van der Waals surface area contributed by atoms with Crippen molar-refractivity contribution in [1.29, 1.82) is 0 Å². The number of anilines is 2. The summed E-state index contributed by atoms with van der Waals surface area (Å²) in [7, 11) is 0. The number of hydrogen-bond acceptors (Lipinski definition) is 4. The largest absolute Gasteiger partial charge is 0.378 e. The molecular formula is C14H16N2O3. The zero-order valence-corrected chi connectivity index (χ0v) is 10.9. The van der Waals surface area contributed by atoms with Crippen molar-refractivity contribution in [1.82, 2.24) is 0 Å². The molecule has 0 saturated carbocycles. The van der Waals surface area contributed by atoms with Gasteiger partial charge in [0.1, 0.15) is 5.78 Å². The third-order valence-corrected chi connectivity index (χ3v) is 3.15. The van der Waals surface area contributed by atoms with E-state index in [0.717, 1.165) is 11.3 Å². The standard InChI is InChI=1S/C14H16N2O3/c1-8(17)5-14(19)16-10-3-4-11-9(2)13(18)7-15-12(11)6-10/h3-4,6,9,15H,5,7H2,1-2H3,(H,16,19). The first-order valence-electron chi connectivity index (χ1n) is 6.17. The summed E-state index contributed by atoms with van der Waals surface area (Å²) in [6, 6.07) is 5.36. The summed E-state index contributed by atoms with van der Waals surface area (Å²) < 4.78 is 0. The van der Waals surface area contributed by atoms with Gasteiger partial charge in [-0.25, -0.2) is 0 Å². The Balaban J connectivity index is 2.16. The quantitative estimate of drug-likeness (QED) is 0.811. The molecule has 1 aromatic rings. The second kappa shape index (κ2) is 5.22. The molecule has 0 aliphatic carbocycles. The zero-order chi connectivity index (χ0) is 14.0. The molecule has 0 fully saturated rings. The van der Waals surface area contributed by atoms with E-state index in [9.17, 15) is 14.4 Å². The van der Waals surface area contributed by atoms with Gasteiger partial charge in [0.2, 0.25) is 5.91 Å². The lowest BCUT2D eigenvalue weighted by molar-refractivity contribution is -0.124. The molecule has 2 rings (SSSR count). The molecule has 19 heavy (non-hydrogen) atoms. The highest BCUT2D eigenvalue weighted by atomic mass is 16.2. The van der Waals surface area contributed by atoms with Gasteiger partial charge in [-0.05, 0) is 24.6 Å². The second-order valence-electron chi connectivity index (χ2n) is 4.77. The minimum atomic E-state index is -0.326. The Bertz CT molecular complexity index is 552. The van der Waals surface area contributed by atoms with Crippen LogP contribution in [0.15, 0.2) is 18.2 Å². The van der Waals surface area contributed by atoms with Gasteiger partial charge in [-0.3, -0.25) is 14.4 Å². The number of nitrogens with one attached hydrogen (secondary N) is 2. The van der Waals surface area contributed by atoms with Crippen LogP contribution in [0.1, 0.15) is 31.7 Å². The summed E-state index contributed by atoms with van der Waals surface area (Å²) in [5, 5.41) is 5.69. The molecule has 100 valence electrons. The van der Waals surface area contributed by atoms with Crippen LogP contribution >= 0.6 is 0 Å². The second-order valence-corrected chi connectivity index (χ2v) is 4.77. The lowest BCUT2D eigenvalue weighted by Crippen LogP contribution is -2.26. The molecule has 1 amide bonds. The van der Waals surface area contributed by atoms with Crippen LogP contribution in [0.25, 0.3) is 0 Å². The van der Waals surface area contributed by atoms with Gasteiger partial charge >= 0.3 is 0 Å². The molecule has 5 heteroatoms. The van der Waals surface area contributed by atoms with Crippen LogP contribution in [0, 0.1) is 0 Å². The van der Waals surface area contributed by atoms with Crippen LogP contribution in [0.3, 0.4) is 0 Å². The van der Waals surface area contributed by atoms with Gasteiger partial charge in [0.05, 0.1) is 13.0 Å². The Hall–Kier alpha value is -2.17. The molecule has 1 aliphatic rings. The third-order valence-electron chi connectivity index (χ3n) is 3.15. The van der Waals surface area contributed by atoms with E-state index in [-0.39, 0.29) is 29.8 Å². The normalized spacial score (nSPS) is 17.4. The lowest BCUT2D eigenvalue weighted by Gasteiger charge is -2.23. The molecule has 1 heterocycles. The first-order chi connectivity index (χ1) is 8.97. The molecule has 0 bridgehead atoms. The van der Waals surface area contributed by atoms with Gasteiger partial charge in [0.15, 0.2) is 5.78 Å². The SMILES string of the molecule is CC(=O)CC(=O)Nc1ccc2c(c1)NCC(=O)C2C. The van der Waals surface area contributed by atoms with Gasteiger partial charge in [-0.2, -0.15) is 0 Å². The monoisotopic (exact) mass is 260 g/mol. The first kappa shape index (κ1) is 13.3. The fraction of sp³-hybridized carbons (Fsp3) is 0.357. The number of amides is 1. The number of ketones is 2. The van der Waals surface area contributed by atoms with Crippen molar-refractivity contribution in [3.05, 3.63) is 23.8 Å². The van der Waals surface area contributed by atoms with Crippen molar-refractivity contribution in [2.75, 3.05) is 17.2 Å².